The first-order chi connectivity index (χ1) is 12.4. The molecular weight excluding hydrogens is 370 g/mol. The van der Waals surface area contributed by atoms with Crippen LogP contribution in [-0.2, 0) is 15.6 Å². The molecule has 0 saturated carbocycles. The second-order valence-corrected chi connectivity index (χ2v) is 8.40. The number of hydrogen-bond donors (Lipinski definition) is 0. The highest BCUT2D eigenvalue weighted by Crippen LogP contribution is 2.30. The van der Waals surface area contributed by atoms with E-state index in [1.165, 1.54) is 13.2 Å². The summed E-state index contributed by atoms with van der Waals surface area (Å²) >= 11 is 5.97. The fraction of sp³-hybridized carbons (Fsp3) is 0.150. The topological polar surface area (TPSA) is 56.3 Å². The molecule has 0 aliphatic heterocycles. The fourth-order valence-electron chi connectivity index (χ4n) is 2.66. The highest BCUT2D eigenvalue weighted by atomic mass is 35.5. The van der Waals surface area contributed by atoms with Crippen LogP contribution in [0.25, 0.3) is 11.1 Å². The molecule has 0 N–H and O–H groups in total. The number of rotatable bonds is 5. The second-order valence-electron chi connectivity index (χ2n) is 6.00. The number of ether oxygens (including phenoxy) is 1. The maximum Gasteiger partial charge on any atom is 0.186 e. The molecule has 0 fully saturated rings. The molecule has 0 unspecified atom stereocenters. The van der Waals surface area contributed by atoms with Crippen LogP contribution < -0.4 is 4.74 Å². The Labute approximate surface area is 158 Å². The van der Waals surface area contributed by atoms with Gasteiger partial charge in [0.05, 0.1) is 12.9 Å². The highest BCUT2D eigenvalue weighted by Gasteiger charge is 2.21. The van der Waals surface area contributed by atoms with Crippen LogP contribution in [0.15, 0.2) is 65.8 Å². The lowest BCUT2D eigenvalue weighted by Crippen LogP contribution is -2.07. The predicted octanol–water partition coefficient (Wildman–Crippen LogP) is 4.69. The minimum Gasteiger partial charge on any atom is -0.495 e. The number of sulfone groups is 1. The summed E-state index contributed by atoms with van der Waals surface area (Å²) < 4.78 is 30.9. The van der Waals surface area contributed by atoms with Gasteiger partial charge in [0, 0.05) is 23.0 Å². The molecule has 0 radical (unpaired) electrons. The van der Waals surface area contributed by atoms with E-state index in [-0.39, 0.29) is 16.4 Å². The summed E-state index contributed by atoms with van der Waals surface area (Å²) in [4.78, 5) is 4.28. The summed E-state index contributed by atoms with van der Waals surface area (Å²) in [5.41, 5.74) is 3.62. The number of aryl methyl sites for hydroxylation is 1. The molecule has 0 amide bonds. The Morgan fingerprint density at radius 1 is 1.00 bits per heavy atom. The molecule has 0 aliphatic carbocycles. The van der Waals surface area contributed by atoms with Gasteiger partial charge in [-0.15, -0.1) is 0 Å². The Morgan fingerprint density at radius 3 is 2.42 bits per heavy atom. The largest absolute Gasteiger partial charge is 0.495 e. The molecule has 1 heterocycles. The van der Waals surface area contributed by atoms with E-state index in [0.717, 1.165) is 16.7 Å². The number of benzene rings is 2. The van der Waals surface area contributed by atoms with Crippen LogP contribution in [0.4, 0.5) is 0 Å². The average Bonchev–Trinajstić information content (AvgIpc) is 2.62. The molecule has 3 rings (SSSR count). The zero-order valence-corrected chi connectivity index (χ0v) is 16.0. The van der Waals surface area contributed by atoms with Crippen molar-refractivity contribution in [2.75, 3.05) is 7.11 Å². The van der Waals surface area contributed by atoms with E-state index < -0.39 is 9.84 Å². The smallest absolute Gasteiger partial charge is 0.186 e. The van der Waals surface area contributed by atoms with E-state index in [4.69, 9.17) is 16.3 Å². The standard InChI is InChI=1S/C20H18ClNO3S/c1-14-3-5-16(6-4-14)17-9-15(11-22-12-17)13-26(23,24)20-10-18(21)7-8-19(20)25-2/h3-12H,13H2,1-2H3. The Morgan fingerprint density at radius 2 is 1.73 bits per heavy atom. The number of hydrogen-bond acceptors (Lipinski definition) is 4. The van der Waals surface area contributed by atoms with Crippen molar-refractivity contribution in [3.05, 3.63) is 77.1 Å². The third-order valence-corrected chi connectivity index (χ3v) is 5.93. The third kappa shape index (κ3) is 4.06. The molecule has 1 aromatic heterocycles. The summed E-state index contributed by atoms with van der Waals surface area (Å²) in [6.07, 6.45) is 3.28. The van der Waals surface area contributed by atoms with Gasteiger partial charge in [0.1, 0.15) is 10.6 Å². The molecule has 4 nitrogen and oxygen atoms in total. The lowest BCUT2D eigenvalue weighted by Gasteiger charge is -2.11. The number of pyridine rings is 1. The number of nitrogens with zero attached hydrogens (tertiary/aromatic N) is 1. The first-order valence-electron chi connectivity index (χ1n) is 7.96. The van der Waals surface area contributed by atoms with Crippen LogP contribution in [0.3, 0.4) is 0 Å². The summed E-state index contributed by atoms with van der Waals surface area (Å²) in [6, 6.07) is 14.4. The van der Waals surface area contributed by atoms with Gasteiger partial charge in [-0.2, -0.15) is 0 Å². The number of aromatic nitrogens is 1. The van der Waals surface area contributed by atoms with E-state index in [0.29, 0.717) is 10.6 Å². The average molecular weight is 388 g/mol. The number of methoxy groups -OCH3 is 1. The van der Waals surface area contributed by atoms with Gasteiger partial charge >= 0.3 is 0 Å². The maximum atomic E-state index is 12.9. The first-order valence-corrected chi connectivity index (χ1v) is 9.99. The Kier molecular flexibility index (Phi) is 5.30. The van der Waals surface area contributed by atoms with Crippen molar-refractivity contribution >= 4 is 21.4 Å². The van der Waals surface area contributed by atoms with Gasteiger partial charge in [-0.3, -0.25) is 4.98 Å². The quantitative estimate of drug-likeness (QED) is 0.637. The summed E-state index contributed by atoms with van der Waals surface area (Å²) in [7, 11) is -2.20. The SMILES string of the molecule is COc1ccc(Cl)cc1S(=O)(=O)Cc1cncc(-c2ccc(C)cc2)c1. The molecule has 26 heavy (non-hydrogen) atoms. The van der Waals surface area contributed by atoms with Crippen LogP contribution in [0.5, 0.6) is 5.75 Å². The zero-order chi connectivity index (χ0) is 18.7. The molecule has 134 valence electrons. The van der Waals surface area contributed by atoms with Crippen molar-refractivity contribution in [1.82, 2.24) is 4.98 Å². The van der Waals surface area contributed by atoms with Crippen LogP contribution in [0.2, 0.25) is 5.02 Å². The van der Waals surface area contributed by atoms with Crippen molar-refractivity contribution in [2.24, 2.45) is 0 Å². The molecule has 0 atom stereocenters. The highest BCUT2D eigenvalue weighted by molar-refractivity contribution is 7.90. The van der Waals surface area contributed by atoms with E-state index in [9.17, 15) is 8.42 Å². The molecule has 0 aliphatic rings. The number of halogens is 1. The van der Waals surface area contributed by atoms with Crippen LogP contribution in [0.1, 0.15) is 11.1 Å². The van der Waals surface area contributed by atoms with E-state index in [1.807, 2.05) is 37.3 Å². The van der Waals surface area contributed by atoms with Gasteiger partial charge in [-0.05, 0) is 42.3 Å². The van der Waals surface area contributed by atoms with Crippen molar-refractivity contribution in [2.45, 2.75) is 17.6 Å². The van der Waals surface area contributed by atoms with E-state index >= 15 is 0 Å². The Hall–Kier alpha value is -2.37. The monoisotopic (exact) mass is 387 g/mol. The summed E-state index contributed by atoms with van der Waals surface area (Å²) in [5, 5.41) is 0.343. The van der Waals surface area contributed by atoms with Crippen LogP contribution >= 0.6 is 11.6 Å². The van der Waals surface area contributed by atoms with Crippen molar-refractivity contribution in [3.8, 4) is 16.9 Å². The normalized spacial score (nSPS) is 11.3. The molecule has 6 heteroatoms. The summed E-state index contributed by atoms with van der Waals surface area (Å²) in [5.74, 6) is 0.0909. The van der Waals surface area contributed by atoms with Gasteiger partial charge in [-0.1, -0.05) is 41.4 Å². The van der Waals surface area contributed by atoms with Crippen molar-refractivity contribution in [3.63, 3.8) is 0 Å². The predicted molar refractivity (Wildman–Crippen MR) is 103 cm³/mol. The maximum absolute atomic E-state index is 12.9. The van der Waals surface area contributed by atoms with Gasteiger partial charge in [0.15, 0.2) is 9.84 Å². The second kappa shape index (κ2) is 7.48. The third-order valence-electron chi connectivity index (χ3n) is 4.00. The molecule has 0 spiro atoms. The Bertz CT molecular complexity index is 1030. The molecule has 0 saturated heterocycles. The lowest BCUT2D eigenvalue weighted by molar-refractivity contribution is 0.402. The minimum absolute atomic E-state index is 0.0771. The van der Waals surface area contributed by atoms with Crippen LogP contribution in [0, 0.1) is 6.92 Å². The van der Waals surface area contributed by atoms with Gasteiger partial charge in [-0.25, -0.2) is 8.42 Å². The van der Waals surface area contributed by atoms with Gasteiger partial charge in [0.25, 0.3) is 0 Å². The zero-order valence-electron chi connectivity index (χ0n) is 14.4. The Balaban J connectivity index is 1.95. The van der Waals surface area contributed by atoms with E-state index in [2.05, 4.69) is 4.98 Å². The lowest BCUT2D eigenvalue weighted by atomic mass is 10.1. The van der Waals surface area contributed by atoms with Gasteiger partial charge < -0.3 is 4.74 Å². The molecule has 0 bridgehead atoms. The fourth-order valence-corrected chi connectivity index (χ4v) is 4.41. The minimum atomic E-state index is -3.63. The van der Waals surface area contributed by atoms with Crippen molar-refractivity contribution in [1.29, 1.82) is 0 Å². The molecular formula is C20H18ClNO3S. The van der Waals surface area contributed by atoms with Gasteiger partial charge in [0.2, 0.25) is 0 Å². The first kappa shape index (κ1) is 18.4. The molecule has 2 aromatic carbocycles. The van der Waals surface area contributed by atoms with Crippen molar-refractivity contribution < 1.29 is 13.2 Å². The van der Waals surface area contributed by atoms with Crippen LogP contribution in [-0.4, -0.2) is 20.5 Å². The molecule has 3 aromatic rings. The van der Waals surface area contributed by atoms with E-state index in [1.54, 1.807) is 24.5 Å². The summed E-state index contributed by atoms with van der Waals surface area (Å²) in [6.45, 7) is 2.02.